The molecule has 7 heterocycles. The van der Waals surface area contributed by atoms with Gasteiger partial charge in [0.05, 0.1) is 44.9 Å². The van der Waals surface area contributed by atoms with E-state index in [2.05, 4.69) is 50.9 Å². The van der Waals surface area contributed by atoms with Crippen LogP contribution in [0.1, 0.15) is 161 Å². The summed E-state index contributed by atoms with van der Waals surface area (Å²) in [4.78, 5) is 110. The van der Waals surface area contributed by atoms with Crippen molar-refractivity contribution < 1.29 is 62.4 Å². The highest BCUT2D eigenvalue weighted by molar-refractivity contribution is 6.00. The molecular weight excluding hydrogens is 1070 g/mol. The second-order valence-electron chi connectivity index (χ2n) is 19.4. The maximum Gasteiger partial charge on any atom is 0.356 e. The van der Waals surface area contributed by atoms with Crippen LogP contribution in [0.25, 0.3) is 16.9 Å². The van der Waals surface area contributed by atoms with E-state index in [-0.39, 0.29) is 88.6 Å². The minimum Gasteiger partial charge on any atom is -0.477 e. The van der Waals surface area contributed by atoms with Crippen molar-refractivity contribution in [1.82, 2.24) is 59.7 Å². The highest BCUT2D eigenvalue weighted by Crippen LogP contribution is 2.37. The normalized spacial score (nSPS) is 14.3. The molecule has 83 heavy (non-hydrogen) atoms. The number of esters is 2. The van der Waals surface area contributed by atoms with Crippen molar-refractivity contribution in [3.63, 3.8) is 0 Å². The number of hydrogen-bond donors (Lipinski definition) is 4. The van der Waals surface area contributed by atoms with Crippen LogP contribution < -0.4 is 25.4 Å². The Kier molecular flexibility index (Phi) is 15.5. The molecule has 0 spiro atoms. The number of methoxy groups -OCH3 is 2. The van der Waals surface area contributed by atoms with Gasteiger partial charge in [0.2, 0.25) is 6.79 Å². The van der Waals surface area contributed by atoms with Crippen LogP contribution in [0, 0.1) is 13.8 Å². The molecule has 25 heteroatoms. The van der Waals surface area contributed by atoms with Crippen molar-refractivity contribution in [2.24, 2.45) is 0 Å². The predicted molar refractivity (Wildman–Crippen MR) is 292 cm³/mol. The SMILES string of the molecule is CC(=O)c1ccc2c(c1C)CC[C@@H]2NC(=O)c1cc(C(=O)NCc2ccc3c(c2)OCO3)nc2ccnn12.COC(=O)c1cc(C(=O)N[C@H]2CCc3c2ccc(C(C)=O)c3C)n2nccc2n1.COC(=O)c1cc(C(=O)O)n2nccc2n1. The van der Waals surface area contributed by atoms with E-state index < -0.39 is 23.8 Å². The number of ketones is 2. The minimum absolute atomic E-state index is 0.0278. The molecule has 0 saturated heterocycles. The van der Waals surface area contributed by atoms with Crippen LogP contribution in [0.5, 0.6) is 11.5 Å². The Hall–Kier alpha value is -10.7. The zero-order valence-corrected chi connectivity index (χ0v) is 45.5. The van der Waals surface area contributed by atoms with Crippen LogP contribution in [-0.2, 0) is 28.9 Å². The Morgan fingerprint density at radius 3 is 1.48 bits per heavy atom. The summed E-state index contributed by atoms with van der Waals surface area (Å²) in [5.41, 5.74) is 9.83. The first kappa shape index (κ1) is 55.6. The third kappa shape index (κ3) is 11.1. The zero-order valence-electron chi connectivity index (χ0n) is 45.5. The fourth-order valence-corrected chi connectivity index (χ4v) is 10.4. The number of carboxylic acid groups (broad SMARTS) is 1. The quantitative estimate of drug-likeness (QED) is 0.0808. The second-order valence-corrected chi connectivity index (χ2v) is 19.4. The Labute approximate surface area is 471 Å². The molecule has 0 fully saturated rings. The van der Waals surface area contributed by atoms with Gasteiger partial charge in [-0.15, -0.1) is 0 Å². The molecule has 0 unspecified atom stereocenters. The third-order valence-electron chi connectivity index (χ3n) is 14.4. The monoisotopic (exact) mass is 1120 g/mol. The number of nitrogens with one attached hydrogen (secondary N) is 3. The summed E-state index contributed by atoms with van der Waals surface area (Å²) >= 11 is 0. The lowest BCUT2D eigenvalue weighted by molar-refractivity contribution is 0.0584. The van der Waals surface area contributed by atoms with E-state index in [1.54, 1.807) is 32.0 Å². The average molecular weight is 1130 g/mol. The first-order valence-corrected chi connectivity index (χ1v) is 25.9. The minimum atomic E-state index is -1.19. The summed E-state index contributed by atoms with van der Waals surface area (Å²) in [6.45, 7) is 7.44. The highest BCUT2D eigenvalue weighted by Gasteiger charge is 2.31. The van der Waals surface area contributed by atoms with E-state index in [9.17, 15) is 38.4 Å². The number of rotatable bonds is 12. The molecule has 3 aliphatic rings. The topological polar surface area (TPSA) is 320 Å². The number of ether oxygens (including phenoxy) is 4. The fraction of sp³-hybridized carbons (Fsp3) is 0.241. The molecule has 4 N–H and O–H groups in total. The molecular formula is C58H52N12O13. The number of carbonyl (C=O) groups excluding carboxylic acids is 7. The van der Waals surface area contributed by atoms with Crippen molar-refractivity contribution in [2.45, 2.75) is 72.0 Å². The standard InChI is InChI=1S/C28H25N5O5.C21H20N4O4.C9H7N3O4/c1-15-18(16(2)34)4-5-20-19(15)6-7-21(20)32-28(36)23-12-22(31-26-9-10-30-33(23)26)27(35)29-13-17-3-8-24-25(11-17)38-14-37-24;1-11-13(12(2)26)4-5-15-14(11)6-7-16(15)24-20(27)18-10-17(21(28)29-3)23-19-8-9-22-25(18)19;1-16-9(15)5-4-6(8(13)14)12-7(11-5)2-3-10-12/h3-5,8-12,21H,6-7,13-14H2,1-2H3,(H,29,35)(H,32,36);4-5,8-10,16H,6-7H2,1-3H3,(H,24,27);2-4H,1H3,(H,13,14)/t21-;16-;/m00./s1. The lowest BCUT2D eigenvalue weighted by atomic mass is 9.96. The van der Waals surface area contributed by atoms with Crippen LogP contribution in [0.4, 0.5) is 0 Å². The summed E-state index contributed by atoms with van der Waals surface area (Å²) in [6.07, 6.45) is 7.46. The van der Waals surface area contributed by atoms with Gasteiger partial charge < -0.3 is 40.0 Å². The molecule has 12 rings (SSSR count). The van der Waals surface area contributed by atoms with Crippen LogP contribution in [0.15, 0.2) is 97.5 Å². The first-order chi connectivity index (χ1) is 39.9. The third-order valence-corrected chi connectivity index (χ3v) is 14.4. The lowest BCUT2D eigenvalue weighted by Crippen LogP contribution is -2.30. The number of nitrogens with zero attached hydrogens (tertiary/aromatic N) is 9. The van der Waals surface area contributed by atoms with Gasteiger partial charge in [-0.25, -0.2) is 42.9 Å². The van der Waals surface area contributed by atoms with Crippen molar-refractivity contribution in [3.8, 4) is 11.5 Å². The van der Waals surface area contributed by atoms with Crippen LogP contribution in [0.3, 0.4) is 0 Å². The molecule has 2 atom stereocenters. The van der Waals surface area contributed by atoms with Gasteiger partial charge in [-0.1, -0.05) is 30.3 Å². The fourth-order valence-electron chi connectivity index (χ4n) is 10.4. The van der Waals surface area contributed by atoms with Crippen LogP contribution in [-0.4, -0.2) is 117 Å². The average Bonchev–Trinajstić information content (AvgIpc) is 4.58. The number of hydrogen-bond acceptors (Lipinski definition) is 18. The van der Waals surface area contributed by atoms with Gasteiger partial charge in [0, 0.05) is 54.1 Å². The van der Waals surface area contributed by atoms with Gasteiger partial charge in [0.25, 0.3) is 17.7 Å². The van der Waals surface area contributed by atoms with E-state index in [1.165, 1.54) is 60.0 Å². The largest absolute Gasteiger partial charge is 0.477 e. The molecule has 0 saturated carbocycles. The molecule has 1 aliphatic heterocycles. The summed E-state index contributed by atoms with van der Waals surface area (Å²) < 4.78 is 23.9. The molecule has 422 valence electrons. The molecule has 3 aromatic carbocycles. The van der Waals surface area contributed by atoms with Gasteiger partial charge in [-0.05, 0) is 104 Å². The number of aromatic nitrogens is 9. The number of benzene rings is 3. The number of amides is 3. The van der Waals surface area contributed by atoms with E-state index in [1.807, 2.05) is 50.2 Å². The molecule has 9 aromatic rings. The Morgan fingerprint density at radius 1 is 0.566 bits per heavy atom. The molecule has 0 radical (unpaired) electrons. The molecule has 25 nitrogen and oxygen atoms in total. The maximum atomic E-state index is 13.4. The van der Waals surface area contributed by atoms with Gasteiger partial charge in [0.15, 0.2) is 57.1 Å². The smallest absolute Gasteiger partial charge is 0.356 e. The highest BCUT2D eigenvalue weighted by atomic mass is 16.7. The van der Waals surface area contributed by atoms with E-state index in [4.69, 9.17) is 19.3 Å². The summed E-state index contributed by atoms with van der Waals surface area (Å²) in [6, 6.07) is 21.2. The second kappa shape index (κ2) is 23.2. The van der Waals surface area contributed by atoms with Crippen LogP contribution in [0.2, 0.25) is 0 Å². The Morgan fingerprint density at radius 2 is 1.01 bits per heavy atom. The van der Waals surface area contributed by atoms with Gasteiger partial charge >= 0.3 is 17.9 Å². The number of carbonyl (C=O) groups is 8. The van der Waals surface area contributed by atoms with Crippen molar-refractivity contribution in [3.05, 3.63) is 182 Å². The molecule has 0 bridgehead atoms. The maximum absolute atomic E-state index is 13.4. The van der Waals surface area contributed by atoms with E-state index in [0.717, 1.165) is 75.2 Å². The Balaban J connectivity index is 0.000000151. The molecule has 3 amide bonds. The van der Waals surface area contributed by atoms with E-state index >= 15 is 0 Å². The first-order valence-electron chi connectivity index (χ1n) is 25.9. The predicted octanol–water partition coefficient (Wildman–Crippen LogP) is 5.97. The Bertz CT molecular complexity index is 4160. The van der Waals surface area contributed by atoms with Gasteiger partial charge in [0.1, 0.15) is 17.1 Å². The number of Topliss-reactive ketones (excluding diaryl/α,β-unsaturated/α-hetero) is 2. The molecule has 6 aromatic heterocycles. The van der Waals surface area contributed by atoms with Crippen molar-refractivity contribution in [1.29, 1.82) is 0 Å². The summed E-state index contributed by atoms with van der Waals surface area (Å²) in [5.74, 6) is -2.29. The van der Waals surface area contributed by atoms with Gasteiger partial charge in [-0.2, -0.15) is 15.3 Å². The van der Waals surface area contributed by atoms with Crippen molar-refractivity contribution >= 4 is 64.1 Å². The molecule has 2 aliphatic carbocycles. The van der Waals surface area contributed by atoms with Crippen LogP contribution >= 0.6 is 0 Å². The van der Waals surface area contributed by atoms with E-state index in [0.29, 0.717) is 33.9 Å². The number of carboxylic acids is 1. The lowest BCUT2D eigenvalue weighted by Gasteiger charge is -2.16. The zero-order chi connectivity index (χ0) is 58.8. The summed E-state index contributed by atoms with van der Waals surface area (Å²) in [7, 11) is 2.46. The number of aromatic carboxylic acids is 1. The van der Waals surface area contributed by atoms with Crippen molar-refractivity contribution in [2.75, 3.05) is 21.0 Å². The summed E-state index contributed by atoms with van der Waals surface area (Å²) in [5, 5.41) is 30.1. The number of fused-ring (bicyclic) bond motifs is 6. The van der Waals surface area contributed by atoms with Gasteiger partial charge in [-0.3, -0.25) is 24.0 Å².